The van der Waals surface area contributed by atoms with Gasteiger partial charge in [-0.3, -0.25) is 4.99 Å². The number of hydrogen-bond donors (Lipinski definition) is 3. The highest BCUT2D eigenvalue weighted by Gasteiger charge is 2.07. The third-order valence-electron chi connectivity index (χ3n) is 4.40. The van der Waals surface area contributed by atoms with Crippen LogP contribution in [0.4, 0.5) is 0 Å². The van der Waals surface area contributed by atoms with Crippen molar-refractivity contribution < 1.29 is 17.9 Å². The number of hydrogen-bond acceptors (Lipinski definition) is 5. The zero-order valence-electron chi connectivity index (χ0n) is 17.6. The lowest BCUT2D eigenvalue weighted by Crippen LogP contribution is -2.37. The minimum atomic E-state index is -3.67. The maximum atomic E-state index is 11.3. The van der Waals surface area contributed by atoms with Crippen molar-refractivity contribution in [3.63, 3.8) is 0 Å². The Labute approximate surface area is 178 Å². The molecule has 0 heterocycles. The number of aliphatic imine (C=N–C) groups is 1. The molecule has 0 radical (unpaired) electrons. The van der Waals surface area contributed by atoms with Gasteiger partial charge in [0.05, 0.1) is 18.6 Å². The molecule has 0 saturated heterocycles. The molecule has 164 valence electrons. The molecule has 0 spiro atoms. The zero-order chi connectivity index (χ0) is 22.0. The van der Waals surface area contributed by atoms with Gasteiger partial charge in [-0.15, -0.1) is 0 Å². The van der Waals surface area contributed by atoms with Gasteiger partial charge >= 0.3 is 0 Å². The summed E-state index contributed by atoms with van der Waals surface area (Å²) in [6.45, 7) is 3.80. The topological polar surface area (TPSA) is 115 Å². The van der Waals surface area contributed by atoms with Gasteiger partial charge in [-0.25, -0.2) is 13.6 Å². The minimum absolute atomic E-state index is 0.0970. The first-order valence-corrected chi connectivity index (χ1v) is 11.3. The second-order valence-electron chi connectivity index (χ2n) is 6.56. The van der Waals surface area contributed by atoms with Crippen LogP contribution in [0.1, 0.15) is 24.5 Å². The number of nitrogens with zero attached hydrogens (tertiary/aromatic N) is 1. The molecule has 0 fully saturated rings. The normalized spacial score (nSPS) is 11.8. The molecule has 2 aromatic carbocycles. The summed E-state index contributed by atoms with van der Waals surface area (Å²) >= 11 is 0. The van der Waals surface area contributed by atoms with Crippen molar-refractivity contribution in [2.24, 2.45) is 10.1 Å². The number of benzene rings is 2. The summed E-state index contributed by atoms with van der Waals surface area (Å²) in [6, 6.07) is 12.4. The summed E-state index contributed by atoms with van der Waals surface area (Å²) in [4.78, 5) is 4.30. The lowest BCUT2D eigenvalue weighted by atomic mass is 10.1. The monoisotopic (exact) mass is 434 g/mol. The van der Waals surface area contributed by atoms with Gasteiger partial charge in [0, 0.05) is 20.1 Å². The van der Waals surface area contributed by atoms with Gasteiger partial charge in [-0.1, -0.05) is 18.2 Å². The number of nitrogens with one attached hydrogen (secondary N) is 2. The Morgan fingerprint density at radius 1 is 1.07 bits per heavy atom. The van der Waals surface area contributed by atoms with Crippen LogP contribution in [0.5, 0.6) is 11.5 Å². The molecule has 9 heteroatoms. The first-order valence-electron chi connectivity index (χ1n) is 9.73. The third-order valence-corrected chi connectivity index (χ3v) is 5.33. The van der Waals surface area contributed by atoms with Crippen molar-refractivity contribution in [2.45, 2.75) is 31.2 Å². The van der Waals surface area contributed by atoms with Crippen LogP contribution in [0.15, 0.2) is 52.4 Å². The molecule has 2 aromatic rings. The fraction of sp³-hybridized carbons (Fsp3) is 0.381. The number of ether oxygens (including phenoxy) is 2. The SMILES string of the molecule is CCOc1cc(CCCNC(=NC)NCc2ccc(S(N)(=O)=O)cc2)ccc1OC. The second-order valence-corrected chi connectivity index (χ2v) is 8.12. The van der Waals surface area contributed by atoms with E-state index in [-0.39, 0.29) is 4.90 Å². The Balaban J connectivity index is 1.79. The van der Waals surface area contributed by atoms with Crippen LogP contribution in [0.2, 0.25) is 0 Å². The maximum Gasteiger partial charge on any atom is 0.238 e. The molecule has 0 saturated carbocycles. The summed E-state index contributed by atoms with van der Waals surface area (Å²) in [7, 11) is -0.336. The lowest BCUT2D eigenvalue weighted by Gasteiger charge is -2.13. The van der Waals surface area contributed by atoms with Crippen LogP contribution in [-0.4, -0.2) is 41.7 Å². The van der Waals surface area contributed by atoms with Crippen LogP contribution >= 0.6 is 0 Å². The Hall–Kier alpha value is -2.78. The standard InChI is InChI=1S/C21H30N4O4S/c1-4-29-20-14-16(9-12-19(20)28-3)6-5-13-24-21(23-2)25-15-17-7-10-18(11-8-17)30(22,26)27/h7-12,14H,4-6,13,15H2,1-3H3,(H2,22,26,27)(H2,23,24,25). The number of methoxy groups -OCH3 is 1. The van der Waals surface area contributed by atoms with Crippen LogP contribution in [0.25, 0.3) is 0 Å². The van der Waals surface area contributed by atoms with E-state index in [4.69, 9.17) is 14.6 Å². The molecule has 0 amide bonds. The van der Waals surface area contributed by atoms with Crippen molar-refractivity contribution in [1.82, 2.24) is 10.6 Å². The molecular weight excluding hydrogens is 404 g/mol. The largest absolute Gasteiger partial charge is 0.493 e. The number of aryl methyl sites for hydroxylation is 1. The molecule has 0 aliphatic heterocycles. The van der Waals surface area contributed by atoms with Gasteiger partial charge in [-0.2, -0.15) is 0 Å². The summed E-state index contributed by atoms with van der Waals surface area (Å²) in [5.74, 6) is 2.17. The molecule has 0 unspecified atom stereocenters. The van der Waals surface area contributed by atoms with Crippen LogP contribution < -0.4 is 25.2 Å². The van der Waals surface area contributed by atoms with E-state index in [9.17, 15) is 8.42 Å². The van der Waals surface area contributed by atoms with E-state index in [1.54, 1.807) is 26.3 Å². The second kappa shape index (κ2) is 11.4. The zero-order valence-corrected chi connectivity index (χ0v) is 18.5. The number of primary sulfonamides is 1. The molecule has 0 aliphatic rings. The predicted octanol–water partition coefficient (Wildman–Crippen LogP) is 2.04. The van der Waals surface area contributed by atoms with Gasteiger partial charge in [-0.05, 0) is 55.2 Å². The average Bonchev–Trinajstić information content (AvgIpc) is 2.73. The van der Waals surface area contributed by atoms with Gasteiger partial charge < -0.3 is 20.1 Å². The highest BCUT2D eigenvalue weighted by atomic mass is 32.2. The molecule has 0 aliphatic carbocycles. The Morgan fingerprint density at radius 3 is 2.37 bits per heavy atom. The van der Waals surface area contributed by atoms with E-state index in [0.717, 1.165) is 36.4 Å². The molecule has 0 bridgehead atoms. The van der Waals surface area contributed by atoms with Crippen molar-refractivity contribution in [3.8, 4) is 11.5 Å². The van der Waals surface area contributed by atoms with Crippen molar-refractivity contribution in [2.75, 3.05) is 27.3 Å². The van der Waals surface area contributed by atoms with Crippen molar-refractivity contribution >= 4 is 16.0 Å². The summed E-state index contributed by atoms with van der Waals surface area (Å²) in [5, 5.41) is 11.6. The Morgan fingerprint density at radius 2 is 1.77 bits per heavy atom. The van der Waals surface area contributed by atoms with E-state index in [1.807, 2.05) is 25.1 Å². The van der Waals surface area contributed by atoms with E-state index in [0.29, 0.717) is 19.1 Å². The molecular formula is C21H30N4O4S. The van der Waals surface area contributed by atoms with E-state index in [2.05, 4.69) is 15.6 Å². The quantitative estimate of drug-likeness (QED) is 0.299. The van der Waals surface area contributed by atoms with E-state index in [1.165, 1.54) is 17.7 Å². The highest BCUT2D eigenvalue weighted by Crippen LogP contribution is 2.28. The fourth-order valence-electron chi connectivity index (χ4n) is 2.85. The number of guanidine groups is 1. The van der Waals surface area contributed by atoms with E-state index >= 15 is 0 Å². The fourth-order valence-corrected chi connectivity index (χ4v) is 3.36. The van der Waals surface area contributed by atoms with Crippen LogP contribution in [0, 0.1) is 0 Å². The van der Waals surface area contributed by atoms with Gasteiger partial charge in [0.25, 0.3) is 0 Å². The van der Waals surface area contributed by atoms with Gasteiger partial charge in [0.1, 0.15) is 0 Å². The summed E-state index contributed by atoms with van der Waals surface area (Å²) in [5.41, 5.74) is 2.10. The van der Waals surface area contributed by atoms with Crippen LogP contribution in [0.3, 0.4) is 0 Å². The number of nitrogens with two attached hydrogens (primary N) is 1. The summed E-state index contributed by atoms with van der Waals surface area (Å²) < 4.78 is 33.6. The molecule has 0 aromatic heterocycles. The first-order chi connectivity index (χ1) is 14.4. The van der Waals surface area contributed by atoms with Crippen molar-refractivity contribution in [3.05, 3.63) is 53.6 Å². The van der Waals surface area contributed by atoms with Gasteiger partial charge in [0.2, 0.25) is 10.0 Å². The Bertz CT molecular complexity index is 944. The molecule has 8 nitrogen and oxygen atoms in total. The Kier molecular flexibility index (Phi) is 8.94. The first kappa shape index (κ1) is 23.5. The molecule has 2 rings (SSSR count). The molecule has 30 heavy (non-hydrogen) atoms. The van der Waals surface area contributed by atoms with E-state index < -0.39 is 10.0 Å². The van der Waals surface area contributed by atoms with Crippen LogP contribution in [-0.2, 0) is 23.0 Å². The van der Waals surface area contributed by atoms with Gasteiger partial charge in [0.15, 0.2) is 17.5 Å². The summed E-state index contributed by atoms with van der Waals surface area (Å²) in [6.07, 6.45) is 1.81. The maximum absolute atomic E-state index is 11.3. The molecule has 0 atom stereocenters. The average molecular weight is 435 g/mol. The molecule has 4 N–H and O–H groups in total. The number of rotatable bonds is 10. The number of sulfonamides is 1. The smallest absolute Gasteiger partial charge is 0.238 e. The predicted molar refractivity (Wildman–Crippen MR) is 119 cm³/mol. The third kappa shape index (κ3) is 7.23. The minimum Gasteiger partial charge on any atom is -0.493 e. The highest BCUT2D eigenvalue weighted by molar-refractivity contribution is 7.89. The lowest BCUT2D eigenvalue weighted by molar-refractivity contribution is 0.310. The van der Waals surface area contributed by atoms with Crippen molar-refractivity contribution in [1.29, 1.82) is 0 Å².